The van der Waals surface area contributed by atoms with E-state index in [0.29, 0.717) is 0 Å². The van der Waals surface area contributed by atoms with Gasteiger partial charge in [0.25, 0.3) is 0 Å². The standard InChI is InChI=1S/C15H12ClN3S/c1-17-15-18-14(11-5-3-2-4-6-11)19(20-15)13-9-7-12(16)8-10-13/h2-10H,1H3/p+1. The van der Waals surface area contributed by atoms with E-state index >= 15 is 0 Å². The van der Waals surface area contributed by atoms with Crippen molar-refractivity contribution >= 4 is 28.3 Å². The number of halogens is 1. The Morgan fingerprint density at radius 3 is 2.40 bits per heavy atom. The summed E-state index contributed by atoms with van der Waals surface area (Å²) in [4.78, 5) is 4.64. The molecule has 100 valence electrons. The van der Waals surface area contributed by atoms with Gasteiger partial charge in [-0.25, -0.2) is 0 Å². The summed E-state index contributed by atoms with van der Waals surface area (Å²) in [6.07, 6.45) is 0. The Morgan fingerprint density at radius 2 is 1.75 bits per heavy atom. The number of nitrogens with zero attached hydrogens (tertiary/aromatic N) is 2. The van der Waals surface area contributed by atoms with Crippen molar-refractivity contribution in [2.75, 3.05) is 12.4 Å². The van der Waals surface area contributed by atoms with Gasteiger partial charge in [0.15, 0.2) is 0 Å². The number of hydrogen-bond donors (Lipinski definition) is 1. The summed E-state index contributed by atoms with van der Waals surface area (Å²) >= 11 is 7.52. The monoisotopic (exact) mass is 302 g/mol. The highest BCUT2D eigenvalue weighted by Crippen LogP contribution is 2.22. The molecule has 0 saturated heterocycles. The molecule has 0 aliphatic rings. The molecule has 0 bridgehead atoms. The minimum Gasteiger partial charge on any atom is -0.341 e. The Balaban J connectivity index is 2.15. The van der Waals surface area contributed by atoms with Gasteiger partial charge in [0.1, 0.15) is 17.2 Å². The first kappa shape index (κ1) is 13.1. The van der Waals surface area contributed by atoms with Crippen LogP contribution in [-0.4, -0.2) is 12.0 Å². The number of aromatic nitrogens is 2. The van der Waals surface area contributed by atoms with E-state index in [-0.39, 0.29) is 0 Å². The molecule has 3 nitrogen and oxygen atoms in total. The van der Waals surface area contributed by atoms with Gasteiger partial charge in [0.2, 0.25) is 0 Å². The van der Waals surface area contributed by atoms with Crippen molar-refractivity contribution in [1.29, 1.82) is 0 Å². The van der Waals surface area contributed by atoms with Crippen molar-refractivity contribution in [3.63, 3.8) is 0 Å². The molecule has 0 radical (unpaired) electrons. The highest BCUT2D eigenvalue weighted by molar-refractivity contribution is 7.06. The van der Waals surface area contributed by atoms with Crippen molar-refractivity contribution in [3.05, 3.63) is 59.6 Å². The quantitative estimate of drug-likeness (QED) is 0.746. The molecule has 0 aliphatic heterocycles. The Labute approximate surface area is 126 Å². The van der Waals surface area contributed by atoms with E-state index in [1.807, 2.05) is 49.5 Å². The summed E-state index contributed by atoms with van der Waals surface area (Å²) in [5.41, 5.74) is 2.13. The fourth-order valence-corrected chi connectivity index (χ4v) is 2.89. The van der Waals surface area contributed by atoms with Gasteiger partial charge in [-0.2, -0.15) is 0 Å². The molecule has 1 aromatic heterocycles. The van der Waals surface area contributed by atoms with Gasteiger partial charge in [0.05, 0.1) is 5.56 Å². The number of rotatable bonds is 3. The third-order valence-corrected chi connectivity index (χ3v) is 4.17. The normalized spacial score (nSPS) is 10.5. The van der Waals surface area contributed by atoms with Crippen LogP contribution in [0.1, 0.15) is 0 Å². The van der Waals surface area contributed by atoms with E-state index in [1.54, 1.807) is 11.5 Å². The highest BCUT2D eigenvalue weighted by atomic mass is 35.5. The van der Waals surface area contributed by atoms with Crippen molar-refractivity contribution in [3.8, 4) is 17.1 Å². The van der Waals surface area contributed by atoms with Gasteiger partial charge in [-0.05, 0) is 41.4 Å². The fourth-order valence-electron chi connectivity index (χ4n) is 1.91. The average molecular weight is 303 g/mol. The Hall–Kier alpha value is -1.91. The minimum absolute atomic E-state index is 0.731. The maximum Gasteiger partial charge on any atom is 0.350 e. The van der Waals surface area contributed by atoms with Crippen molar-refractivity contribution in [2.45, 2.75) is 0 Å². The van der Waals surface area contributed by atoms with Crippen LogP contribution in [0.25, 0.3) is 17.1 Å². The van der Waals surface area contributed by atoms with Crippen LogP contribution in [-0.2, 0) is 0 Å². The summed E-state index contributed by atoms with van der Waals surface area (Å²) in [6, 6.07) is 17.9. The third-order valence-electron chi connectivity index (χ3n) is 2.88. The van der Waals surface area contributed by atoms with Gasteiger partial charge in [-0.1, -0.05) is 29.8 Å². The number of hydrogen-bond acceptors (Lipinski definition) is 3. The van der Waals surface area contributed by atoms with Crippen LogP contribution in [0.3, 0.4) is 0 Å². The molecule has 0 amide bonds. The number of anilines is 1. The molecule has 1 N–H and O–H groups in total. The SMILES string of the molecule is CNc1nc(-c2ccccc2)[n+](-c2ccc(Cl)cc2)s1. The summed E-state index contributed by atoms with van der Waals surface area (Å²) < 4.78 is 2.09. The van der Waals surface area contributed by atoms with Crippen LogP contribution in [0.5, 0.6) is 0 Å². The molecule has 0 fully saturated rings. The van der Waals surface area contributed by atoms with Gasteiger partial charge in [0, 0.05) is 12.1 Å². The lowest BCUT2D eigenvalue weighted by Gasteiger charge is -1.98. The van der Waals surface area contributed by atoms with Crippen LogP contribution < -0.4 is 9.27 Å². The Bertz CT molecular complexity index is 708. The first-order valence-electron chi connectivity index (χ1n) is 6.20. The van der Waals surface area contributed by atoms with Crippen molar-refractivity contribution < 1.29 is 3.96 Å². The highest BCUT2D eigenvalue weighted by Gasteiger charge is 2.23. The lowest BCUT2D eigenvalue weighted by molar-refractivity contribution is -0.509. The summed E-state index contributed by atoms with van der Waals surface area (Å²) in [5, 5.41) is 4.70. The first-order valence-corrected chi connectivity index (χ1v) is 7.35. The second-order valence-electron chi connectivity index (χ2n) is 4.22. The average Bonchev–Trinajstić information content (AvgIpc) is 2.93. The second-order valence-corrected chi connectivity index (χ2v) is 5.59. The van der Waals surface area contributed by atoms with Gasteiger partial charge in [-0.3, -0.25) is 0 Å². The van der Waals surface area contributed by atoms with Gasteiger partial charge < -0.3 is 5.32 Å². The molecule has 0 spiro atoms. The summed E-state index contributed by atoms with van der Waals surface area (Å²) in [7, 11) is 1.87. The smallest absolute Gasteiger partial charge is 0.341 e. The molecule has 0 unspecified atom stereocenters. The van der Waals surface area contributed by atoms with Crippen LogP contribution in [0.15, 0.2) is 54.6 Å². The molecule has 5 heteroatoms. The van der Waals surface area contributed by atoms with Crippen LogP contribution in [0.2, 0.25) is 5.02 Å². The van der Waals surface area contributed by atoms with Crippen LogP contribution >= 0.6 is 23.1 Å². The predicted molar refractivity (Wildman–Crippen MR) is 83.6 cm³/mol. The lowest BCUT2D eigenvalue weighted by Crippen LogP contribution is -2.27. The van der Waals surface area contributed by atoms with E-state index in [1.165, 1.54) is 0 Å². The van der Waals surface area contributed by atoms with Crippen molar-refractivity contribution in [1.82, 2.24) is 4.98 Å². The van der Waals surface area contributed by atoms with E-state index < -0.39 is 0 Å². The lowest BCUT2D eigenvalue weighted by atomic mass is 10.2. The van der Waals surface area contributed by atoms with E-state index in [0.717, 1.165) is 27.2 Å². The van der Waals surface area contributed by atoms with Crippen molar-refractivity contribution in [2.24, 2.45) is 0 Å². The Kier molecular flexibility index (Phi) is 3.67. The minimum atomic E-state index is 0.731. The van der Waals surface area contributed by atoms with Gasteiger partial charge in [-0.15, -0.1) is 3.96 Å². The van der Waals surface area contributed by atoms with Crippen LogP contribution in [0, 0.1) is 0 Å². The molecule has 0 atom stereocenters. The zero-order chi connectivity index (χ0) is 13.9. The fraction of sp³-hybridized carbons (Fsp3) is 0.0667. The molecule has 1 heterocycles. The van der Waals surface area contributed by atoms with E-state index in [2.05, 4.69) is 26.4 Å². The first-order chi connectivity index (χ1) is 9.78. The maximum absolute atomic E-state index is 5.95. The molecule has 0 saturated carbocycles. The van der Waals surface area contributed by atoms with E-state index in [9.17, 15) is 0 Å². The summed E-state index contributed by atoms with van der Waals surface area (Å²) in [6.45, 7) is 0. The molecule has 0 aliphatic carbocycles. The van der Waals surface area contributed by atoms with E-state index in [4.69, 9.17) is 11.6 Å². The molecule has 20 heavy (non-hydrogen) atoms. The molecule has 3 rings (SSSR count). The topological polar surface area (TPSA) is 28.8 Å². The van der Waals surface area contributed by atoms with Crippen LogP contribution in [0.4, 0.5) is 5.13 Å². The summed E-state index contributed by atoms with van der Waals surface area (Å²) in [5.74, 6) is 0.919. The zero-order valence-electron chi connectivity index (χ0n) is 10.9. The Morgan fingerprint density at radius 1 is 1.05 bits per heavy atom. The molecule has 3 aromatic rings. The molecular formula is C15H13ClN3S+. The number of benzene rings is 2. The molecule has 2 aromatic carbocycles. The maximum atomic E-state index is 5.95. The molecular weight excluding hydrogens is 290 g/mol. The zero-order valence-corrected chi connectivity index (χ0v) is 12.4. The number of nitrogens with one attached hydrogen (secondary N) is 1. The largest absolute Gasteiger partial charge is 0.350 e. The van der Waals surface area contributed by atoms with Gasteiger partial charge >= 0.3 is 11.0 Å². The third kappa shape index (κ3) is 2.53. The predicted octanol–water partition coefficient (Wildman–Crippen LogP) is 3.78. The second kappa shape index (κ2) is 5.61.